The Kier molecular flexibility index (Phi) is 5.70. The van der Waals surface area contributed by atoms with Gasteiger partial charge in [-0.1, -0.05) is 30.3 Å². The van der Waals surface area contributed by atoms with Crippen LogP contribution >= 0.6 is 0 Å². The van der Waals surface area contributed by atoms with E-state index in [2.05, 4.69) is 18.2 Å². The highest BCUT2D eigenvalue weighted by Gasteiger charge is 2.19. The summed E-state index contributed by atoms with van der Waals surface area (Å²) in [7, 11) is -1.41. The van der Waals surface area contributed by atoms with E-state index in [1.165, 1.54) is 30.2 Å². The van der Waals surface area contributed by atoms with Crippen molar-refractivity contribution in [3.63, 3.8) is 0 Å². The van der Waals surface area contributed by atoms with Crippen LogP contribution in [0.5, 0.6) is 0 Å². The molecule has 0 aliphatic heterocycles. The lowest BCUT2D eigenvalue weighted by Gasteiger charge is -2.26. The SMILES string of the molecule is CC(c1ccc(S(C)(=O)=O)cc1)N(C)C(=O)Cc1ccc2c(c1)CCCC2. The second-order valence-electron chi connectivity index (χ2n) is 7.51. The zero-order valence-electron chi connectivity index (χ0n) is 16.2. The smallest absolute Gasteiger partial charge is 0.227 e. The molecular weight excluding hydrogens is 358 g/mol. The number of carbonyl (C=O) groups is 1. The van der Waals surface area contributed by atoms with Crippen molar-refractivity contribution in [3.8, 4) is 0 Å². The van der Waals surface area contributed by atoms with Crippen molar-refractivity contribution in [2.45, 2.75) is 50.0 Å². The fourth-order valence-electron chi connectivity index (χ4n) is 3.63. The molecule has 0 aromatic heterocycles. The Balaban J connectivity index is 1.69. The van der Waals surface area contributed by atoms with Crippen LogP contribution in [-0.2, 0) is 33.9 Å². The van der Waals surface area contributed by atoms with E-state index in [0.717, 1.165) is 24.0 Å². The molecule has 2 aromatic carbocycles. The van der Waals surface area contributed by atoms with E-state index < -0.39 is 9.84 Å². The van der Waals surface area contributed by atoms with E-state index in [0.29, 0.717) is 11.3 Å². The Bertz CT molecular complexity index is 933. The molecule has 1 aliphatic carbocycles. The van der Waals surface area contributed by atoms with Crippen molar-refractivity contribution in [1.29, 1.82) is 0 Å². The highest BCUT2D eigenvalue weighted by atomic mass is 32.2. The molecule has 0 saturated carbocycles. The Labute approximate surface area is 162 Å². The van der Waals surface area contributed by atoms with Crippen LogP contribution in [-0.4, -0.2) is 32.5 Å². The Morgan fingerprint density at radius 3 is 2.30 bits per heavy atom. The van der Waals surface area contributed by atoms with Crippen molar-refractivity contribution in [1.82, 2.24) is 4.90 Å². The fraction of sp³-hybridized carbons (Fsp3) is 0.409. The van der Waals surface area contributed by atoms with Crippen LogP contribution in [0.4, 0.5) is 0 Å². The minimum Gasteiger partial charge on any atom is -0.339 e. The minimum absolute atomic E-state index is 0.0606. The van der Waals surface area contributed by atoms with Crippen LogP contribution in [0.15, 0.2) is 47.4 Å². The van der Waals surface area contributed by atoms with Crippen LogP contribution in [0.1, 0.15) is 48.1 Å². The molecule has 1 aliphatic rings. The van der Waals surface area contributed by atoms with Crippen LogP contribution in [0.2, 0.25) is 0 Å². The van der Waals surface area contributed by atoms with Gasteiger partial charge in [-0.2, -0.15) is 0 Å². The van der Waals surface area contributed by atoms with Crippen LogP contribution in [0.3, 0.4) is 0 Å². The molecule has 0 bridgehead atoms. The molecule has 0 N–H and O–H groups in total. The molecule has 27 heavy (non-hydrogen) atoms. The first-order chi connectivity index (χ1) is 12.8. The zero-order valence-corrected chi connectivity index (χ0v) is 17.1. The third-order valence-electron chi connectivity index (χ3n) is 5.53. The summed E-state index contributed by atoms with van der Waals surface area (Å²) in [5.41, 5.74) is 4.79. The molecule has 0 spiro atoms. The largest absolute Gasteiger partial charge is 0.339 e. The first kappa shape index (κ1) is 19.6. The van der Waals surface area contributed by atoms with Gasteiger partial charge in [0.05, 0.1) is 17.4 Å². The molecule has 1 unspecified atom stereocenters. The van der Waals surface area contributed by atoms with E-state index in [1.807, 2.05) is 6.92 Å². The van der Waals surface area contributed by atoms with Crippen LogP contribution in [0, 0.1) is 0 Å². The van der Waals surface area contributed by atoms with Gasteiger partial charge >= 0.3 is 0 Å². The van der Waals surface area contributed by atoms with E-state index in [1.54, 1.807) is 36.2 Å². The second kappa shape index (κ2) is 7.85. The third kappa shape index (κ3) is 4.59. The monoisotopic (exact) mass is 385 g/mol. The van der Waals surface area contributed by atoms with Crippen LogP contribution < -0.4 is 0 Å². The molecular formula is C22H27NO3S. The first-order valence-corrected chi connectivity index (χ1v) is 11.3. The summed E-state index contributed by atoms with van der Waals surface area (Å²) in [5, 5.41) is 0. The average molecular weight is 386 g/mol. The van der Waals surface area contributed by atoms with E-state index in [-0.39, 0.29) is 11.9 Å². The molecule has 0 fully saturated rings. The number of hydrogen-bond donors (Lipinski definition) is 0. The van der Waals surface area contributed by atoms with Gasteiger partial charge in [0.25, 0.3) is 0 Å². The lowest BCUT2D eigenvalue weighted by Crippen LogP contribution is -2.31. The standard InChI is InChI=1S/C22H27NO3S/c1-16(18-10-12-21(13-11-18)27(3,25)26)23(2)22(24)15-17-8-9-19-6-4-5-7-20(19)14-17/h8-14,16H,4-7,15H2,1-3H3. The molecule has 0 saturated heterocycles. The Hall–Kier alpha value is -2.14. The van der Waals surface area contributed by atoms with Gasteiger partial charge in [0.2, 0.25) is 5.91 Å². The van der Waals surface area contributed by atoms with Gasteiger partial charge in [-0.05, 0) is 67.0 Å². The Morgan fingerprint density at radius 1 is 1.04 bits per heavy atom. The van der Waals surface area contributed by atoms with Gasteiger partial charge in [-0.25, -0.2) is 8.42 Å². The quantitative estimate of drug-likeness (QED) is 0.788. The number of amides is 1. The van der Waals surface area contributed by atoms with Crippen molar-refractivity contribution in [2.75, 3.05) is 13.3 Å². The number of rotatable bonds is 5. The summed E-state index contributed by atoms with van der Waals surface area (Å²) < 4.78 is 23.2. The number of nitrogens with zero attached hydrogens (tertiary/aromatic N) is 1. The van der Waals surface area contributed by atoms with Gasteiger partial charge in [-0.15, -0.1) is 0 Å². The summed E-state index contributed by atoms with van der Waals surface area (Å²) in [6.07, 6.45) is 6.31. The molecule has 2 aromatic rings. The molecule has 144 valence electrons. The summed E-state index contributed by atoms with van der Waals surface area (Å²) in [6.45, 7) is 1.96. The molecule has 4 nitrogen and oxygen atoms in total. The van der Waals surface area contributed by atoms with E-state index in [4.69, 9.17) is 0 Å². The number of aryl methyl sites for hydroxylation is 2. The minimum atomic E-state index is -3.21. The van der Waals surface area contributed by atoms with Crippen molar-refractivity contribution < 1.29 is 13.2 Å². The zero-order chi connectivity index (χ0) is 19.6. The number of fused-ring (bicyclic) bond motifs is 1. The summed E-state index contributed by atoms with van der Waals surface area (Å²) in [4.78, 5) is 14.8. The number of carbonyl (C=O) groups excluding carboxylic acids is 1. The summed E-state index contributed by atoms with van der Waals surface area (Å²) >= 11 is 0. The van der Waals surface area contributed by atoms with Gasteiger partial charge in [0.1, 0.15) is 0 Å². The molecule has 5 heteroatoms. The van der Waals surface area contributed by atoms with Crippen molar-refractivity contribution in [3.05, 3.63) is 64.7 Å². The topological polar surface area (TPSA) is 54.5 Å². The maximum absolute atomic E-state index is 12.8. The number of likely N-dealkylation sites (N-methyl/N-ethyl adjacent to an activating group) is 1. The van der Waals surface area contributed by atoms with Crippen molar-refractivity contribution in [2.24, 2.45) is 0 Å². The van der Waals surface area contributed by atoms with Crippen LogP contribution in [0.25, 0.3) is 0 Å². The number of hydrogen-bond acceptors (Lipinski definition) is 3. The highest BCUT2D eigenvalue weighted by Crippen LogP contribution is 2.24. The molecule has 1 amide bonds. The first-order valence-electron chi connectivity index (χ1n) is 9.42. The molecule has 3 rings (SSSR count). The van der Waals surface area contributed by atoms with Gasteiger partial charge < -0.3 is 4.90 Å². The lowest BCUT2D eigenvalue weighted by atomic mass is 9.90. The van der Waals surface area contributed by atoms with Gasteiger partial charge in [0.15, 0.2) is 9.84 Å². The van der Waals surface area contributed by atoms with Gasteiger partial charge in [-0.3, -0.25) is 4.79 Å². The maximum atomic E-state index is 12.8. The molecule has 0 radical (unpaired) electrons. The fourth-order valence-corrected chi connectivity index (χ4v) is 4.26. The molecule has 1 atom stereocenters. The average Bonchev–Trinajstić information content (AvgIpc) is 2.66. The lowest BCUT2D eigenvalue weighted by molar-refractivity contribution is -0.131. The summed E-state index contributed by atoms with van der Waals surface area (Å²) in [5.74, 6) is 0.0606. The predicted octanol–water partition coefficient (Wildman–Crippen LogP) is 3.73. The van der Waals surface area contributed by atoms with E-state index >= 15 is 0 Å². The number of sulfone groups is 1. The summed E-state index contributed by atoms with van der Waals surface area (Å²) in [6, 6.07) is 13.1. The maximum Gasteiger partial charge on any atom is 0.227 e. The molecule has 0 heterocycles. The third-order valence-corrected chi connectivity index (χ3v) is 6.66. The Morgan fingerprint density at radius 2 is 1.67 bits per heavy atom. The van der Waals surface area contributed by atoms with Crippen molar-refractivity contribution >= 4 is 15.7 Å². The van der Waals surface area contributed by atoms with E-state index in [9.17, 15) is 13.2 Å². The normalized spacial score (nSPS) is 15.1. The second-order valence-corrected chi connectivity index (χ2v) is 9.52. The predicted molar refractivity (Wildman–Crippen MR) is 108 cm³/mol. The number of benzene rings is 2. The highest BCUT2D eigenvalue weighted by molar-refractivity contribution is 7.90. The van der Waals surface area contributed by atoms with Gasteiger partial charge in [0, 0.05) is 13.3 Å².